The summed E-state index contributed by atoms with van der Waals surface area (Å²) in [6.45, 7) is 7.58. The summed E-state index contributed by atoms with van der Waals surface area (Å²) in [4.78, 5) is 27.3. The quantitative estimate of drug-likeness (QED) is 0.763. The van der Waals surface area contributed by atoms with Crippen molar-refractivity contribution in [3.63, 3.8) is 0 Å². The zero-order chi connectivity index (χ0) is 18.3. The van der Waals surface area contributed by atoms with E-state index in [1.807, 2.05) is 37.2 Å². The number of esters is 1. The van der Waals surface area contributed by atoms with E-state index in [0.29, 0.717) is 11.3 Å². The third-order valence-corrected chi connectivity index (χ3v) is 5.46. The van der Waals surface area contributed by atoms with E-state index in [1.54, 1.807) is 13.8 Å². The Kier molecular flexibility index (Phi) is 4.60. The molecule has 1 atom stereocenters. The highest BCUT2D eigenvalue weighted by Gasteiger charge is 2.44. The number of likely N-dealkylation sites (N-methyl/N-ethyl adjacent to an activating group) is 1. The van der Waals surface area contributed by atoms with Crippen LogP contribution in [0.1, 0.15) is 37.1 Å². The van der Waals surface area contributed by atoms with E-state index in [0.717, 1.165) is 21.8 Å². The highest BCUT2D eigenvalue weighted by atomic mass is 32.1. The SMILES string of the molecule is CC1=C(OC(=O)OC(C)C)C(c2sccc2C)C2=C(COC2=O)N1C. The predicted molar refractivity (Wildman–Crippen MR) is 92.9 cm³/mol. The standard InChI is InChI=1S/C18H21NO5S/c1-9(2)23-18(21)24-15-11(4)19(5)12-8-22-17(20)13(12)14(15)16-10(3)6-7-25-16/h6-7,9,14H,8H2,1-5H3. The molecule has 7 heteroatoms. The molecule has 0 saturated carbocycles. The Morgan fingerprint density at radius 1 is 1.40 bits per heavy atom. The number of carbonyl (C=O) groups excluding carboxylic acids is 2. The van der Waals surface area contributed by atoms with E-state index in [9.17, 15) is 9.59 Å². The Bertz CT molecular complexity index is 789. The van der Waals surface area contributed by atoms with Gasteiger partial charge in [-0.3, -0.25) is 0 Å². The minimum atomic E-state index is -0.771. The van der Waals surface area contributed by atoms with Gasteiger partial charge in [-0.05, 0) is 44.7 Å². The zero-order valence-electron chi connectivity index (χ0n) is 14.9. The first-order chi connectivity index (χ1) is 11.8. The van der Waals surface area contributed by atoms with E-state index in [2.05, 4.69) is 0 Å². The van der Waals surface area contributed by atoms with Crippen LogP contribution in [-0.2, 0) is 19.0 Å². The molecule has 0 bridgehead atoms. The Morgan fingerprint density at radius 3 is 2.72 bits per heavy atom. The van der Waals surface area contributed by atoms with Gasteiger partial charge in [-0.1, -0.05) is 0 Å². The van der Waals surface area contributed by atoms with Crippen LogP contribution in [0.25, 0.3) is 0 Å². The highest BCUT2D eigenvalue weighted by Crippen LogP contribution is 2.46. The van der Waals surface area contributed by atoms with Crippen LogP contribution in [0.3, 0.4) is 0 Å². The van der Waals surface area contributed by atoms with Crippen LogP contribution >= 0.6 is 11.3 Å². The molecule has 0 radical (unpaired) electrons. The van der Waals surface area contributed by atoms with Gasteiger partial charge in [0.05, 0.1) is 29.0 Å². The van der Waals surface area contributed by atoms with Crippen molar-refractivity contribution in [3.05, 3.63) is 44.6 Å². The number of cyclic esters (lactones) is 1. The average Bonchev–Trinajstić information content (AvgIpc) is 3.11. The summed E-state index contributed by atoms with van der Waals surface area (Å²) in [6, 6.07) is 1.98. The van der Waals surface area contributed by atoms with E-state index >= 15 is 0 Å². The van der Waals surface area contributed by atoms with Gasteiger partial charge >= 0.3 is 12.1 Å². The number of aryl methyl sites for hydroxylation is 1. The van der Waals surface area contributed by atoms with Crippen LogP contribution in [0.15, 0.2) is 34.2 Å². The molecule has 1 unspecified atom stereocenters. The monoisotopic (exact) mass is 363 g/mol. The minimum absolute atomic E-state index is 0.229. The lowest BCUT2D eigenvalue weighted by atomic mass is 9.88. The fraction of sp³-hybridized carbons (Fsp3) is 0.444. The second-order valence-electron chi connectivity index (χ2n) is 6.36. The number of carbonyl (C=O) groups is 2. The van der Waals surface area contributed by atoms with Gasteiger partial charge in [0.2, 0.25) is 0 Å². The first-order valence-corrected chi connectivity index (χ1v) is 8.96. The highest BCUT2D eigenvalue weighted by molar-refractivity contribution is 7.10. The van der Waals surface area contributed by atoms with Crippen molar-refractivity contribution in [1.82, 2.24) is 4.90 Å². The van der Waals surface area contributed by atoms with Crippen molar-refractivity contribution < 1.29 is 23.8 Å². The van der Waals surface area contributed by atoms with Crippen LogP contribution in [0.5, 0.6) is 0 Å². The molecule has 6 nitrogen and oxygen atoms in total. The average molecular weight is 363 g/mol. The van der Waals surface area contributed by atoms with Crippen molar-refractivity contribution in [2.24, 2.45) is 0 Å². The number of ether oxygens (including phenoxy) is 3. The van der Waals surface area contributed by atoms with Gasteiger partial charge in [-0.25, -0.2) is 9.59 Å². The number of hydrogen-bond acceptors (Lipinski definition) is 7. The maximum absolute atomic E-state index is 12.4. The molecule has 25 heavy (non-hydrogen) atoms. The molecular formula is C18H21NO5S. The number of thiophene rings is 1. The van der Waals surface area contributed by atoms with Crippen LogP contribution in [0, 0.1) is 6.92 Å². The largest absolute Gasteiger partial charge is 0.513 e. The molecule has 0 aromatic carbocycles. The molecule has 0 fully saturated rings. The smallest absolute Gasteiger partial charge is 0.456 e. The molecule has 2 aliphatic rings. The Labute approximate surface area is 150 Å². The number of allylic oxidation sites excluding steroid dienone is 2. The molecule has 1 aromatic rings. The van der Waals surface area contributed by atoms with Crippen molar-refractivity contribution in [2.75, 3.05) is 13.7 Å². The van der Waals surface area contributed by atoms with E-state index in [4.69, 9.17) is 14.2 Å². The Morgan fingerprint density at radius 2 is 2.12 bits per heavy atom. The molecule has 0 spiro atoms. The predicted octanol–water partition coefficient (Wildman–Crippen LogP) is 3.69. The molecule has 3 heterocycles. The van der Waals surface area contributed by atoms with Crippen molar-refractivity contribution in [2.45, 2.75) is 39.7 Å². The lowest BCUT2D eigenvalue weighted by Gasteiger charge is -2.32. The normalized spacial score (nSPS) is 20.2. The zero-order valence-corrected chi connectivity index (χ0v) is 15.7. The van der Waals surface area contributed by atoms with Gasteiger partial charge in [-0.15, -0.1) is 11.3 Å². The van der Waals surface area contributed by atoms with Gasteiger partial charge in [0.25, 0.3) is 0 Å². The van der Waals surface area contributed by atoms with E-state index in [1.165, 1.54) is 11.3 Å². The summed E-state index contributed by atoms with van der Waals surface area (Å²) in [7, 11) is 1.83. The fourth-order valence-electron chi connectivity index (χ4n) is 3.05. The van der Waals surface area contributed by atoms with Gasteiger partial charge in [0, 0.05) is 11.9 Å². The summed E-state index contributed by atoms with van der Waals surface area (Å²) in [5, 5.41) is 1.96. The van der Waals surface area contributed by atoms with Gasteiger partial charge in [-0.2, -0.15) is 0 Å². The number of hydrogen-bond donors (Lipinski definition) is 0. The van der Waals surface area contributed by atoms with Crippen LogP contribution < -0.4 is 0 Å². The second-order valence-corrected chi connectivity index (χ2v) is 7.31. The summed E-state index contributed by atoms with van der Waals surface area (Å²) in [5.74, 6) is -0.414. The lowest BCUT2D eigenvalue weighted by molar-refractivity contribution is -0.136. The second kappa shape index (κ2) is 6.55. The van der Waals surface area contributed by atoms with Crippen molar-refractivity contribution in [1.29, 1.82) is 0 Å². The molecule has 0 N–H and O–H groups in total. The molecule has 134 valence electrons. The third kappa shape index (κ3) is 3.04. The minimum Gasteiger partial charge on any atom is -0.456 e. The third-order valence-electron chi connectivity index (χ3n) is 4.38. The van der Waals surface area contributed by atoms with E-state index < -0.39 is 12.1 Å². The number of nitrogens with zero attached hydrogens (tertiary/aromatic N) is 1. The topological polar surface area (TPSA) is 65.1 Å². The fourth-order valence-corrected chi connectivity index (χ4v) is 4.08. The maximum Gasteiger partial charge on any atom is 0.513 e. The number of rotatable bonds is 3. The molecule has 0 amide bonds. The molecule has 0 aliphatic carbocycles. The molecule has 2 aliphatic heterocycles. The van der Waals surface area contributed by atoms with Crippen LogP contribution in [0.4, 0.5) is 4.79 Å². The van der Waals surface area contributed by atoms with Crippen molar-refractivity contribution in [3.8, 4) is 0 Å². The van der Waals surface area contributed by atoms with Gasteiger partial charge in [0.1, 0.15) is 12.4 Å². The molecular weight excluding hydrogens is 342 g/mol. The summed E-state index contributed by atoms with van der Waals surface area (Å²) in [6.07, 6.45) is -1.06. The Balaban J connectivity index is 2.08. The molecule has 3 rings (SSSR count). The first kappa shape index (κ1) is 17.5. The van der Waals surface area contributed by atoms with E-state index in [-0.39, 0.29) is 18.7 Å². The summed E-state index contributed by atoms with van der Waals surface area (Å²) in [5.41, 5.74) is 3.14. The van der Waals surface area contributed by atoms with Crippen LogP contribution in [0.2, 0.25) is 0 Å². The maximum atomic E-state index is 12.4. The lowest BCUT2D eigenvalue weighted by Crippen LogP contribution is -2.30. The van der Waals surface area contributed by atoms with Crippen LogP contribution in [-0.4, -0.2) is 36.8 Å². The van der Waals surface area contributed by atoms with Crippen molar-refractivity contribution >= 4 is 23.5 Å². The van der Waals surface area contributed by atoms with Gasteiger partial charge < -0.3 is 19.1 Å². The summed E-state index contributed by atoms with van der Waals surface area (Å²) >= 11 is 1.53. The molecule has 1 aromatic heterocycles. The molecule has 0 saturated heterocycles. The summed E-state index contributed by atoms with van der Waals surface area (Å²) < 4.78 is 16.0. The van der Waals surface area contributed by atoms with Gasteiger partial charge in [0.15, 0.2) is 0 Å². The Hall–Kier alpha value is -2.28. The first-order valence-electron chi connectivity index (χ1n) is 8.08.